The minimum atomic E-state index is -0.208. The van der Waals surface area contributed by atoms with Crippen molar-refractivity contribution in [3.8, 4) is 5.75 Å². The smallest absolute Gasteiger partial charge is 0.254 e. The van der Waals surface area contributed by atoms with Crippen molar-refractivity contribution in [2.45, 2.75) is 46.3 Å². The molecular weight excluding hydrogens is 466 g/mol. The molecule has 198 valence electrons. The topological polar surface area (TPSA) is 64.0 Å². The molecule has 0 bridgehead atoms. The molecule has 0 fully saturated rings. The van der Waals surface area contributed by atoms with Crippen molar-refractivity contribution in [3.63, 3.8) is 0 Å². The third-order valence-electron chi connectivity index (χ3n) is 6.82. The summed E-state index contributed by atoms with van der Waals surface area (Å²) in [6, 6.07) is 19.4. The molecule has 37 heavy (non-hydrogen) atoms. The lowest BCUT2D eigenvalue weighted by atomic mass is 10.1. The van der Waals surface area contributed by atoms with Gasteiger partial charge in [0.2, 0.25) is 5.91 Å². The average Bonchev–Trinajstić information content (AvgIpc) is 3.36. The molecular formula is C30H39N3O4. The Balaban J connectivity index is 1.79. The first kappa shape index (κ1) is 28.0. The summed E-state index contributed by atoms with van der Waals surface area (Å²) >= 11 is 0. The molecule has 3 aromatic rings. The van der Waals surface area contributed by atoms with Crippen LogP contribution in [0.1, 0.15) is 47.4 Å². The normalized spacial score (nSPS) is 11.7. The van der Waals surface area contributed by atoms with Gasteiger partial charge >= 0.3 is 0 Å². The molecule has 0 saturated heterocycles. The van der Waals surface area contributed by atoms with Crippen LogP contribution in [0.2, 0.25) is 0 Å². The van der Waals surface area contributed by atoms with Crippen LogP contribution < -0.4 is 4.74 Å². The number of aryl methyl sites for hydroxylation is 1. The second kappa shape index (κ2) is 13.7. The average molecular weight is 506 g/mol. The summed E-state index contributed by atoms with van der Waals surface area (Å²) in [5, 5.41) is 0. The number of hydrogen-bond acceptors (Lipinski definition) is 4. The Labute approximate surface area is 220 Å². The number of aromatic nitrogens is 1. The van der Waals surface area contributed by atoms with E-state index in [4.69, 9.17) is 9.47 Å². The van der Waals surface area contributed by atoms with Crippen LogP contribution in [0.4, 0.5) is 0 Å². The Bertz CT molecular complexity index is 1160. The van der Waals surface area contributed by atoms with E-state index in [1.165, 1.54) is 11.1 Å². The summed E-state index contributed by atoms with van der Waals surface area (Å²) in [5.41, 5.74) is 4.05. The van der Waals surface area contributed by atoms with E-state index in [-0.39, 0.29) is 24.4 Å². The van der Waals surface area contributed by atoms with Gasteiger partial charge in [0.1, 0.15) is 12.3 Å². The van der Waals surface area contributed by atoms with Crippen LogP contribution in [0, 0.1) is 6.92 Å². The van der Waals surface area contributed by atoms with Gasteiger partial charge in [-0.2, -0.15) is 0 Å². The van der Waals surface area contributed by atoms with Gasteiger partial charge in [-0.05, 0) is 67.8 Å². The van der Waals surface area contributed by atoms with Gasteiger partial charge in [0.05, 0.1) is 20.3 Å². The predicted molar refractivity (Wildman–Crippen MR) is 146 cm³/mol. The lowest BCUT2D eigenvalue weighted by Crippen LogP contribution is -2.46. The summed E-state index contributed by atoms with van der Waals surface area (Å²) in [6.07, 6.45) is 2.87. The second-order valence-corrected chi connectivity index (χ2v) is 9.28. The maximum Gasteiger partial charge on any atom is 0.254 e. The molecule has 0 spiro atoms. The summed E-state index contributed by atoms with van der Waals surface area (Å²) < 4.78 is 12.6. The molecule has 1 aromatic heterocycles. The van der Waals surface area contributed by atoms with Crippen molar-refractivity contribution in [3.05, 3.63) is 89.2 Å². The number of ether oxygens (including phenoxy) is 2. The van der Waals surface area contributed by atoms with Crippen molar-refractivity contribution < 1.29 is 19.1 Å². The molecule has 0 saturated carbocycles. The minimum Gasteiger partial charge on any atom is -0.497 e. The Kier molecular flexibility index (Phi) is 10.3. The Hall–Kier alpha value is -3.58. The summed E-state index contributed by atoms with van der Waals surface area (Å²) in [4.78, 5) is 30.4. The Morgan fingerprint density at radius 2 is 1.73 bits per heavy atom. The number of carbonyl (C=O) groups excluding carboxylic acids is 2. The lowest BCUT2D eigenvalue weighted by molar-refractivity contribution is -0.135. The van der Waals surface area contributed by atoms with E-state index in [0.29, 0.717) is 31.0 Å². The molecule has 0 aliphatic rings. The molecule has 2 aromatic carbocycles. The fourth-order valence-electron chi connectivity index (χ4n) is 4.23. The quantitative estimate of drug-likeness (QED) is 0.336. The molecule has 7 nitrogen and oxygen atoms in total. The molecule has 2 amide bonds. The molecule has 1 heterocycles. The fraction of sp³-hybridized carbons (Fsp3) is 0.400. The van der Waals surface area contributed by atoms with Crippen LogP contribution in [-0.2, 0) is 22.6 Å². The van der Waals surface area contributed by atoms with Crippen molar-refractivity contribution in [1.82, 2.24) is 14.4 Å². The van der Waals surface area contributed by atoms with E-state index >= 15 is 0 Å². The predicted octanol–water partition coefficient (Wildman–Crippen LogP) is 4.77. The molecule has 1 atom stereocenters. The van der Waals surface area contributed by atoms with E-state index in [1.807, 2.05) is 17.0 Å². The van der Waals surface area contributed by atoms with E-state index in [9.17, 15) is 9.59 Å². The van der Waals surface area contributed by atoms with Gasteiger partial charge in [0.15, 0.2) is 0 Å². The minimum absolute atomic E-state index is 0.0168. The van der Waals surface area contributed by atoms with E-state index in [2.05, 4.69) is 55.8 Å². The maximum atomic E-state index is 13.7. The number of carbonyl (C=O) groups is 2. The van der Waals surface area contributed by atoms with Gasteiger partial charge < -0.3 is 23.8 Å². The van der Waals surface area contributed by atoms with E-state index < -0.39 is 0 Å². The number of nitrogens with zero attached hydrogens (tertiary/aromatic N) is 3. The highest BCUT2D eigenvalue weighted by Gasteiger charge is 2.25. The van der Waals surface area contributed by atoms with Gasteiger partial charge in [-0.25, -0.2) is 0 Å². The third kappa shape index (κ3) is 7.46. The number of benzene rings is 2. The lowest BCUT2D eigenvalue weighted by Gasteiger charge is -2.32. The monoisotopic (exact) mass is 505 g/mol. The molecule has 3 rings (SSSR count). The fourth-order valence-corrected chi connectivity index (χ4v) is 4.23. The van der Waals surface area contributed by atoms with Gasteiger partial charge in [0.25, 0.3) is 5.91 Å². The summed E-state index contributed by atoms with van der Waals surface area (Å²) in [5.74, 6) is 0.378. The highest BCUT2D eigenvalue weighted by atomic mass is 16.5. The Morgan fingerprint density at radius 1 is 1.00 bits per heavy atom. The molecule has 0 radical (unpaired) electrons. The van der Waals surface area contributed by atoms with Gasteiger partial charge in [0, 0.05) is 43.7 Å². The van der Waals surface area contributed by atoms with Crippen LogP contribution in [0.25, 0.3) is 0 Å². The van der Waals surface area contributed by atoms with E-state index in [1.54, 1.807) is 43.4 Å². The highest BCUT2D eigenvalue weighted by molar-refractivity contribution is 5.96. The number of rotatable bonds is 13. The first-order valence-electron chi connectivity index (χ1n) is 12.8. The molecule has 1 unspecified atom stereocenters. The third-order valence-corrected chi connectivity index (χ3v) is 6.82. The summed E-state index contributed by atoms with van der Waals surface area (Å²) in [6.45, 7) is 8.11. The maximum absolute atomic E-state index is 13.7. The Morgan fingerprint density at radius 3 is 2.38 bits per heavy atom. The number of methoxy groups -OCH3 is 2. The SMILES string of the molecule is CCC(C)N(Cc1cccn1Cc1ccccc1C)C(=O)CN(CCOC)C(=O)c1ccc(OC)cc1. The van der Waals surface area contributed by atoms with Crippen LogP contribution in [-0.4, -0.2) is 66.1 Å². The molecule has 0 aliphatic heterocycles. The largest absolute Gasteiger partial charge is 0.497 e. The van der Waals surface area contributed by atoms with Crippen LogP contribution in [0.5, 0.6) is 5.75 Å². The zero-order valence-corrected chi connectivity index (χ0v) is 22.6. The second-order valence-electron chi connectivity index (χ2n) is 9.28. The van der Waals surface area contributed by atoms with Crippen molar-refractivity contribution in [2.75, 3.05) is 33.9 Å². The zero-order valence-electron chi connectivity index (χ0n) is 22.6. The molecule has 7 heteroatoms. The van der Waals surface area contributed by atoms with Crippen LogP contribution >= 0.6 is 0 Å². The molecule has 0 aliphatic carbocycles. The zero-order chi connectivity index (χ0) is 26.8. The van der Waals surface area contributed by atoms with Crippen LogP contribution in [0.15, 0.2) is 66.9 Å². The van der Waals surface area contributed by atoms with Crippen molar-refractivity contribution >= 4 is 11.8 Å². The first-order valence-corrected chi connectivity index (χ1v) is 12.8. The molecule has 0 N–H and O–H groups in total. The summed E-state index contributed by atoms with van der Waals surface area (Å²) in [7, 11) is 3.17. The van der Waals surface area contributed by atoms with E-state index in [0.717, 1.165) is 18.7 Å². The van der Waals surface area contributed by atoms with Gasteiger partial charge in [-0.1, -0.05) is 31.2 Å². The number of amides is 2. The first-order chi connectivity index (χ1) is 17.9. The number of hydrogen-bond donors (Lipinski definition) is 0. The van der Waals surface area contributed by atoms with Crippen molar-refractivity contribution in [1.29, 1.82) is 0 Å². The highest BCUT2D eigenvalue weighted by Crippen LogP contribution is 2.18. The van der Waals surface area contributed by atoms with Crippen LogP contribution in [0.3, 0.4) is 0 Å². The standard InChI is InChI=1S/C30H39N3O4/c1-6-24(3)33(21-27-12-9-17-31(27)20-26-11-8-7-10-23(26)2)29(34)22-32(18-19-36-4)30(35)25-13-15-28(37-5)16-14-25/h7-17,24H,6,18-22H2,1-5H3. The van der Waals surface area contributed by atoms with Gasteiger partial charge in [-0.3, -0.25) is 9.59 Å². The van der Waals surface area contributed by atoms with Crippen molar-refractivity contribution in [2.24, 2.45) is 0 Å². The van der Waals surface area contributed by atoms with Gasteiger partial charge in [-0.15, -0.1) is 0 Å².